The summed E-state index contributed by atoms with van der Waals surface area (Å²) in [6.07, 6.45) is 3.62. The van der Waals surface area contributed by atoms with Crippen LogP contribution in [-0.4, -0.2) is 55.1 Å². The number of nitrogens with one attached hydrogen (secondary N) is 1. The molecular weight excluding hydrogens is 308 g/mol. The number of hydrogen-bond donors (Lipinski definition) is 1. The molecule has 1 fully saturated rings. The Hall–Kier alpha value is -1.04. The first-order valence-corrected chi connectivity index (χ1v) is 9.74. The van der Waals surface area contributed by atoms with Crippen molar-refractivity contribution >= 4 is 17.7 Å². The molecule has 5 heteroatoms. The Bertz CT molecular complexity index is 517. The first-order valence-electron chi connectivity index (χ1n) is 8.59. The predicted molar refractivity (Wildman–Crippen MR) is 94.8 cm³/mol. The van der Waals surface area contributed by atoms with E-state index in [4.69, 9.17) is 4.74 Å². The highest BCUT2D eigenvalue weighted by atomic mass is 32.2. The highest BCUT2D eigenvalue weighted by Gasteiger charge is 2.20. The van der Waals surface area contributed by atoms with E-state index in [2.05, 4.69) is 28.4 Å². The van der Waals surface area contributed by atoms with E-state index in [0.717, 1.165) is 25.3 Å². The van der Waals surface area contributed by atoms with E-state index in [-0.39, 0.29) is 12.0 Å². The van der Waals surface area contributed by atoms with Gasteiger partial charge in [-0.2, -0.15) is 11.8 Å². The minimum Gasteiger partial charge on any atom is -0.371 e. The monoisotopic (exact) mass is 334 g/mol. The smallest absolute Gasteiger partial charge is 0.230 e. The first-order chi connectivity index (χ1) is 11.3. The van der Waals surface area contributed by atoms with Crippen LogP contribution < -0.4 is 5.32 Å². The van der Waals surface area contributed by atoms with Crippen LogP contribution in [0.5, 0.6) is 0 Å². The maximum absolute atomic E-state index is 12.0. The number of hydrogen-bond acceptors (Lipinski definition) is 4. The first kappa shape index (κ1) is 16.8. The van der Waals surface area contributed by atoms with Crippen molar-refractivity contribution in [2.45, 2.75) is 25.4 Å². The number of carbonyl (C=O) groups is 1. The summed E-state index contributed by atoms with van der Waals surface area (Å²) < 4.78 is 5.82. The largest absolute Gasteiger partial charge is 0.371 e. The summed E-state index contributed by atoms with van der Waals surface area (Å²) >= 11 is 1.73. The molecule has 0 bridgehead atoms. The number of ether oxygens (including phenoxy) is 1. The SMILES string of the molecule is O=C(CSCCN1CCCC1)NCC1OCCc2ccccc21. The lowest BCUT2D eigenvalue weighted by atomic mass is 9.97. The number of carbonyl (C=O) groups excluding carboxylic acids is 1. The molecule has 0 spiro atoms. The van der Waals surface area contributed by atoms with E-state index in [1.165, 1.54) is 37.1 Å². The van der Waals surface area contributed by atoms with Gasteiger partial charge in [0.15, 0.2) is 0 Å². The summed E-state index contributed by atoms with van der Waals surface area (Å²) in [5.74, 6) is 1.70. The molecule has 2 heterocycles. The van der Waals surface area contributed by atoms with Crippen molar-refractivity contribution in [2.24, 2.45) is 0 Å². The van der Waals surface area contributed by atoms with Crippen molar-refractivity contribution in [2.75, 3.05) is 44.3 Å². The third-order valence-corrected chi connectivity index (χ3v) is 5.50. The molecule has 4 nitrogen and oxygen atoms in total. The van der Waals surface area contributed by atoms with Gasteiger partial charge in [-0.15, -0.1) is 0 Å². The number of rotatable bonds is 7. The van der Waals surface area contributed by atoms with Gasteiger partial charge in [-0.3, -0.25) is 4.79 Å². The molecule has 1 saturated heterocycles. The van der Waals surface area contributed by atoms with Gasteiger partial charge in [-0.25, -0.2) is 0 Å². The van der Waals surface area contributed by atoms with Gasteiger partial charge in [0.1, 0.15) is 6.10 Å². The normalized spacial score (nSPS) is 21.1. The van der Waals surface area contributed by atoms with Gasteiger partial charge >= 0.3 is 0 Å². The molecule has 1 atom stereocenters. The van der Waals surface area contributed by atoms with Crippen LogP contribution in [0.15, 0.2) is 24.3 Å². The molecule has 0 saturated carbocycles. The Morgan fingerprint density at radius 3 is 3.00 bits per heavy atom. The van der Waals surface area contributed by atoms with E-state index in [1.807, 2.05) is 6.07 Å². The number of nitrogens with zero attached hydrogens (tertiary/aromatic N) is 1. The molecule has 1 amide bonds. The van der Waals surface area contributed by atoms with Gasteiger partial charge < -0.3 is 15.0 Å². The maximum atomic E-state index is 12.0. The van der Waals surface area contributed by atoms with Gasteiger partial charge in [-0.1, -0.05) is 24.3 Å². The predicted octanol–water partition coefficient (Wildman–Crippen LogP) is 2.25. The lowest BCUT2D eigenvalue weighted by Gasteiger charge is -2.26. The van der Waals surface area contributed by atoms with Crippen molar-refractivity contribution in [1.29, 1.82) is 0 Å². The average molecular weight is 334 g/mol. The third kappa shape index (κ3) is 4.96. The van der Waals surface area contributed by atoms with Crippen LogP contribution in [0.4, 0.5) is 0 Å². The molecule has 126 valence electrons. The zero-order valence-corrected chi connectivity index (χ0v) is 14.4. The lowest BCUT2D eigenvalue weighted by Crippen LogP contribution is -2.33. The van der Waals surface area contributed by atoms with Crippen LogP contribution in [0.1, 0.15) is 30.1 Å². The van der Waals surface area contributed by atoms with E-state index in [1.54, 1.807) is 11.8 Å². The summed E-state index contributed by atoms with van der Waals surface area (Å²) in [4.78, 5) is 14.5. The molecule has 0 aromatic heterocycles. The molecule has 2 aliphatic heterocycles. The quantitative estimate of drug-likeness (QED) is 0.777. The number of thioether (sulfide) groups is 1. The number of benzene rings is 1. The van der Waals surface area contributed by atoms with Crippen LogP contribution in [-0.2, 0) is 16.0 Å². The molecule has 1 aromatic rings. The second-order valence-corrected chi connectivity index (χ2v) is 7.32. The second-order valence-electron chi connectivity index (χ2n) is 6.21. The Kier molecular flexibility index (Phi) is 6.37. The number of fused-ring (bicyclic) bond motifs is 1. The van der Waals surface area contributed by atoms with Crippen molar-refractivity contribution in [3.63, 3.8) is 0 Å². The highest BCUT2D eigenvalue weighted by molar-refractivity contribution is 7.99. The topological polar surface area (TPSA) is 41.6 Å². The van der Waals surface area contributed by atoms with E-state index in [0.29, 0.717) is 12.3 Å². The molecule has 1 N–H and O–H groups in total. The summed E-state index contributed by atoms with van der Waals surface area (Å²) in [6.45, 7) is 4.87. The molecule has 0 radical (unpaired) electrons. The summed E-state index contributed by atoms with van der Waals surface area (Å²) in [5.41, 5.74) is 2.57. The van der Waals surface area contributed by atoms with Gasteiger partial charge in [0, 0.05) is 18.8 Å². The van der Waals surface area contributed by atoms with E-state index >= 15 is 0 Å². The molecule has 3 rings (SSSR count). The second kappa shape index (κ2) is 8.71. The lowest BCUT2D eigenvalue weighted by molar-refractivity contribution is -0.119. The van der Waals surface area contributed by atoms with Gasteiger partial charge in [-0.05, 0) is 43.5 Å². The molecule has 23 heavy (non-hydrogen) atoms. The highest BCUT2D eigenvalue weighted by Crippen LogP contribution is 2.26. The Morgan fingerprint density at radius 2 is 2.13 bits per heavy atom. The third-order valence-electron chi connectivity index (χ3n) is 4.56. The van der Waals surface area contributed by atoms with Gasteiger partial charge in [0.2, 0.25) is 5.91 Å². The zero-order valence-electron chi connectivity index (χ0n) is 13.6. The number of amides is 1. The van der Waals surface area contributed by atoms with Crippen LogP contribution in [0.2, 0.25) is 0 Å². The van der Waals surface area contributed by atoms with Crippen molar-refractivity contribution in [3.05, 3.63) is 35.4 Å². The van der Waals surface area contributed by atoms with Crippen molar-refractivity contribution < 1.29 is 9.53 Å². The fourth-order valence-corrected chi connectivity index (χ4v) is 4.09. The summed E-state index contributed by atoms with van der Waals surface area (Å²) in [6, 6.07) is 8.37. The molecule has 1 unspecified atom stereocenters. The Balaban J connectivity index is 1.34. The Labute approximate surface area is 143 Å². The zero-order chi connectivity index (χ0) is 15.9. The molecule has 2 aliphatic rings. The van der Waals surface area contributed by atoms with Gasteiger partial charge in [0.05, 0.1) is 12.4 Å². The fourth-order valence-electron chi connectivity index (χ4n) is 3.27. The Morgan fingerprint density at radius 1 is 1.30 bits per heavy atom. The fraction of sp³-hybridized carbons (Fsp3) is 0.611. The minimum atomic E-state index is -0.00139. The standard InChI is InChI=1S/C18H26N2O2S/c21-18(14-23-12-10-20-8-3-4-9-20)19-13-17-16-6-2-1-5-15(16)7-11-22-17/h1-2,5-6,17H,3-4,7-14H2,(H,19,21). The average Bonchev–Trinajstić information content (AvgIpc) is 3.10. The van der Waals surface area contributed by atoms with Crippen LogP contribution in [0.25, 0.3) is 0 Å². The molecule has 1 aromatic carbocycles. The van der Waals surface area contributed by atoms with Crippen molar-refractivity contribution in [1.82, 2.24) is 10.2 Å². The minimum absolute atomic E-state index is 0.00139. The molecular formula is C18H26N2O2S. The van der Waals surface area contributed by atoms with E-state index in [9.17, 15) is 4.79 Å². The van der Waals surface area contributed by atoms with Crippen molar-refractivity contribution in [3.8, 4) is 0 Å². The summed E-state index contributed by atoms with van der Waals surface area (Å²) in [7, 11) is 0. The molecule has 0 aliphatic carbocycles. The van der Waals surface area contributed by atoms with E-state index < -0.39 is 0 Å². The maximum Gasteiger partial charge on any atom is 0.230 e. The number of likely N-dealkylation sites (tertiary alicyclic amines) is 1. The summed E-state index contributed by atoms with van der Waals surface area (Å²) in [5, 5.41) is 3.02. The van der Waals surface area contributed by atoms with Gasteiger partial charge in [0.25, 0.3) is 0 Å². The van der Waals surface area contributed by atoms with Crippen LogP contribution >= 0.6 is 11.8 Å². The van der Waals surface area contributed by atoms with Crippen LogP contribution in [0.3, 0.4) is 0 Å². The van der Waals surface area contributed by atoms with Crippen LogP contribution in [0, 0.1) is 0 Å².